The van der Waals surface area contributed by atoms with Gasteiger partial charge in [-0.25, -0.2) is 4.79 Å². The normalized spacial score (nSPS) is 18.5. The lowest BCUT2D eigenvalue weighted by atomic mass is 9.85. The molecule has 8 nitrogen and oxygen atoms in total. The van der Waals surface area contributed by atoms with E-state index in [9.17, 15) is 19.5 Å². The predicted octanol–water partition coefficient (Wildman–Crippen LogP) is 1.72. The van der Waals surface area contributed by atoms with E-state index in [2.05, 4.69) is 4.90 Å². The third kappa shape index (κ3) is 4.31. The molecule has 1 spiro atoms. The van der Waals surface area contributed by atoms with Crippen LogP contribution in [-0.2, 0) is 22.6 Å². The molecule has 4 amide bonds. The van der Waals surface area contributed by atoms with Crippen molar-refractivity contribution in [3.05, 3.63) is 65.7 Å². The Morgan fingerprint density at radius 1 is 0.969 bits per heavy atom. The van der Waals surface area contributed by atoms with E-state index in [1.807, 2.05) is 42.5 Å². The van der Waals surface area contributed by atoms with E-state index >= 15 is 0 Å². The minimum absolute atomic E-state index is 0.227. The molecule has 0 saturated carbocycles. The smallest absolute Gasteiger partial charge is 0.328 e. The summed E-state index contributed by atoms with van der Waals surface area (Å²) in [4.78, 5) is 42.9. The van der Waals surface area contributed by atoms with Crippen molar-refractivity contribution in [2.45, 2.75) is 31.3 Å². The van der Waals surface area contributed by atoms with Gasteiger partial charge in [0, 0.05) is 26.2 Å². The number of amides is 4. The minimum Gasteiger partial charge on any atom is -0.508 e. The summed E-state index contributed by atoms with van der Waals surface area (Å²) in [5.74, 6) is -0.791. The second-order valence-electron chi connectivity index (χ2n) is 8.50. The molecule has 2 aromatic carbocycles. The van der Waals surface area contributed by atoms with E-state index in [0.29, 0.717) is 45.4 Å². The van der Waals surface area contributed by atoms with Gasteiger partial charge in [-0.3, -0.25) is 19.4 Å². The van der Waals surface area contributed by atoms with Gasteiger partial charge in [0.2, 0.25) is 5.91 Å². The largest absolute Gasteiger partial charge is 0.508 e. The summed E-state index contributed by atoms with van der Waals surface area (Å²) >= 11 is 0. The molecule has 2 saturated heterocycles. The van der Waals surface area contributed by atoms with Crippen LogP contribution < -0.4 is 5.73 Å². The summed E-state index contributed by atoms with van der Waals surface area (Å²) in [7, 11) is 0. The fraction of sp³-hybridized carbons (Fsp3) is 0.375. The molecule has 2 aliphatic rings. The highest BCUT2D eigenvalue weighted by molar-refractivity contribution is 6.09. The molecule has 0 unspecified atom stereocenters. The Bertz CT molecular complexity index is 985. The third-order valence-corrected chi connectivity index (χ3v) is 6.43. The van der Waals surface area contributed by atoms with Crippen molar-refractivity contribution in [1.29, 1.82) is 0 Å². The molecule has 0 aromatic heterocycles. The van der Waals surface area contributed by atoms with Gasteiger partial charge in [-0.1, -0.05) is 42.5 Å². The molecule has 2 fully saturated rings. The van der Waals surface area contributed by atoms with Gasteiger partial charge in [0.15, 0.2) is 0 Å². The number of imide groups is 1. The maximum absolute atomic E-state index is 13.4. The first-order chi connectivity index (χ1) is 15.4. The van der Waals surface area contributed by atoms with E-state index < -0.39 is 24.0 Å². The molecule has 4 rings (SSSR count). The van der Waals surface area contributed by atoms with Crippen LogP contribution in [0.1, 0.15) is 24.0 Å². The second kappa shape index (κ2) is 9.00. The maximum Gasteiger partial charge on any atom is 0.328 e. The summed E-state index contributed by atoms with van der Waals surface area (Å²) in [5, 5.41) is 9.48. The number of primary amides is 1. The van der Waals surface area contributed by atoms with Gasteiger partial charge in [-0.05, 0) is 42.5 Å². The fourth-order valence-electron chi connectivity index (χ4n) is 4.70. The highest BCUT2D eigenvalue weighted by Gasteiger charge is 2.57. The molecule has 168 valence electrons. The number of urea groups is 1. The summed E-state index contributed by atoms with van der Waals surface area (Å²) in [5.41, 5.74) is 6.53. The molecule has 2 aliphatic heterocycles. The van der Waals surface area contributed by atoms with Crippen LogP contribution >= 0.6 is 0 Å². The quantitative estimate of drug-likeness (QED) is 0.643. The third-order valence-electron chi connectivity index (χ3n) is 6.43. The lowest BCUT2D eigenvalue weighted by Gasteiger charge is -2.42. The highest BCUT2D eigenvalue weighted by Crippen LogP contribution is 2.37. The van der Waals surface area contributed by atoms with Crippen LogP contribution in [-0.4, -0.2) is 69.4 Å². The summed E-state index contributed by atoms with van der Waals surface area (Å²) in [6.07, 6.45) is 1.63. The van der Waals surface area contributed by atoms with Gasteiger partial charge in [0.1, 0.15) is 17.8 Å². The molecule has 32 heavy (non-hydrogen) atoms. The van der Waals surface area contributed by atoms with Crippen molar-refractivity contribution >= 4 is 17.8 Å². The van der Waals surface area contributed by atoms with Crippen molar-refractivity contribution in [1.82, 2.24) is 14.7 Å². The van der Waals surface area contributed by atoms with Crippen molar-refractivity contribution < 1.29 is 19.5 Å². The molecule has 3 N–H and O–H groups in total. The number of hydrogen-bond acceptors (Lipinski definition) is 5. The molecule has 8 heteroatoms. The Morgan fingerprint density at radius 2 is 1.62 bits per heavy atom. The Morgan fingerprint density at radius 3 is 2.25 bits per heavy atom. The Hall–Kier alpha value is -3.39. The second-order valence-corrected chi connectivity index (χ2v) is 8.50. The van der Waals surface area contributed by atoms with Gasteiger partial charge < -0.3 is 15.7 Å². The van der Waals surface area contributed by atoms with Crippen LogP contribution in [0, 0.1) is 0 Å². The summed E-state index contributed by atoms with van der Waals surface area (Å²) in [6.45, 7) is 2.01. The summed E-state index contributed by atoms with van der Waals surface area (Å²) in [6, 6.07) is 16.5. The number of phenols is 1. The zero-order valence-electron chi connectivity index (χ0n) is 17.9. The average molecular weight is 437 g/mol. The molecule has 2 aromatic rings. The Balaban J connectivity index is 1.50. The van der Waals surface area contributed by atoms with Crippen LogP contribution in [0.2, 0.25) is 0 Å². The van der Waals surface area contributed by atoms with Gasteiger partial charge in [-0.2, -0.15) is 0 Å². The van der Waals surface area contributed by atoms with E-state index in [1.165, 1.54) is 0 Å². The van der Waals surface area contributed by atoms with E-state index in [-0.39, 0.29) is 11.7 Å². The SMILES string of the molecule is NC(=O)CN1C(=O)N(CCc2ccccc2)C2(CCN(Cc3ccc(O)cc3)CC2)C1=O. The molecule has 0 bridgehead atoms. The first-order valence-corrected chi connectivity index (χ1v) is 10.9. The van der Waals surface area contributed by atoms with E-state index in [0.717, 1.165) is 16.0 Å². The van der Waals surface area contributed by atoms with Crippen LogP contribution in [0.3, 0.4) is 0 Å². The lowest BCUT2D eigenvalue weighted by molar-refractivity contribution is -0.137. The van der Waals surface area contributed by atoms with Gasteiger partial charge in [-0.15, -0.1) is 0 Å². The number of hydrogen-bond donors (Lipinski definition) is 2. The van der Waals surface area contributed by atoms with Gasteiger partial charge in [0.05, 0.1) is 0 Å². The van der Waals surface area contributed by atoms with Gasteiger partial charge >= 0.3 is 6.03 Å². The van der Waals surface area contributed by atoms with Crippen molar-refractivity contribution in [2.75, 3.05) is 26.2 Å². The number of carbonyl (C=O) groups excluding carboxylic acids is 3. The molecule has 0 aliphatic carbocycles. The zero-order chi connectivity index (χ0) is 22.7. The number of likely N-dealkylation sites (tertiary alicyclic amines) is 1. The first kappa shape index (κ1) is 21.8. The van der Waals surface area contributed by atoms with Gasteiger partial charge in [0.25, 0.3) is 5.91 Å². The molecular formula is C24H28N4O4. The number of phenolic OH excluding ortho intramolecular Hbond substituents is 1. The average Bonchev–Trinajstić information content (AvgIpc) is 2.97. The predicted molar refractivity (Wildman–Crippen MR) is 119 cm³/mol. The Kier molecular flexibility index (Phi) is 6.14. The molecule has 0 radical (unpaired) electrons. The number of aromatic hydroxyl groups is 1. The number of nitrogens with zero attached hydrogens (tertiary/aromatic N) is 3. The van der Waals surface area contributed by atoms with Crippen LogP contribution in [0.15, 0.2) is 54.6 Å². The van der Waals surface area contributed by atoms with Crippen molar-refractivity contribution in [3.63, 3.8) is 0 Å². The molecule has 2 heterocycles. The highest BCUT2D eigenvalue weighted by atomic mass is 16.3. The topological polar surface area (TPSA) is 107 Å². The van der Waals surface area contributed by atoms with Crippen molar-refractivity contribution in [3.8, 4) is 5.75 Å². The lowest BCUT2D eigenvalue weighted by Crippen LogP contribution is -2.56. The monoisotopic (exact) mass is 436 g/mol. The molecule has 0 atom stereocenters. The van der Waals surface area contributed by atoms with Crippen LogP contribution in [0.25, 0.3) is 0 Å². The summed E-state index contributed by atoms with van der Waals surface area (Å²) < 4.78 is 0. The van der Waals surface area contributed by atoms with E-state index in [1.54, 1.807) is 17.0 Å². The standard InChI is InChI=1S/C24H28N4O4/c25-21(30)17-27-22(31)24(28(23(27)32)13-10-18-4-2-1-3-5-18)11-14-26(15-12-24)16-19-6-8-20(29)9-7-19/h1-9,29H,10-17H2,(H2,25,30). The number of benzene rings is 2. The van der Waals surface area contributed by atoms with Crippen molar-refractivity contribution in [2.24, 2.45) is 5.73 Å². The number of nitrogens with two attached hydrogens (primary N) is 1. The Labute approximate surface area is 187 Å². The van der Waals surface area contributed by atoms with E-state index in [4.69, 9.17) is 5.73 Å². The number of carbonyl (C=O) groups is 3. The molecular weight excluding hydrogens is 408 g/mol. The van der Waals surface area contributed by atoms with Crippen LogP contribution in [0.4, 0.5) is 4.79 Å². The zero-order valence-corrected chi connectivity index (χ0v) is 17.9. The van der Waals surface area contributed by atoms with Crippen LogP contribution in [0.5, 0.6) is 5.75 Å². The maximum atomic E-state index is 13.4. The number of piperidine rings is 1. The minimum atomic E-state index is -0.938. The fourth-order valence-corrected chi connectivity index (χ4v) is 4.70. The number of rotatable bonds is 7. The first-order valence-electron chi connectivity index (χ1n) is 10.9.